The molecule has 0 saturated heterocycles. The van der Waals surface area contributed by atoms with Crippen LogP contribution in [0.1, 0.15) is 11.3 Å². The molecule has 4 N–H and O–H groups in total. The zero-order chi connectivity index (χ0) is 13.7. The Balaban J connectivity index is 2.19. The zero-order valence-electron chi connectivity index (χ0n) is 10.0. The maximum Gasteiger partial charge on any atom is 0.189 e. The Kier molecular flexibility index (Phi) is 4.56. The fourth-order valence-electron chi connectivity index (χ4n) is 1.65. The fourth-order valence-corrected chi connectivity index (χ4v) is 2.23. The Morgan fingerprint density at radius 3 is 2.84 bits per heavy atom. The van der Waals surface area contributed by atoms with E-state index in [0.29, 0.717) is 12.2 Å². The summed E-state index contributed by atoms with van der Waals surface area (Å²) in [4.78, 5) is 4.13. The highest BCUT2D eigenvalue weighted by Crippen LogP contribution is 2.18. The molecule has 0 fully saturated rings. The predicted molar refractivity (Wildman–Crippen MR) is 83.2 cm³/mol. The second kappa shape index (κ2) is 6.37. The molecule has 0 saturated carbocycles. The number of halogens is 1. The Labute approximate surface area is 124 Å². The third-order valence-electron chi connectivity index (χ3n) is 2.58. The number of hydrogen-bond acceptors (Lipinski definition) is 4. The van der Waals surface area contributed by atoms with Crippen LogP contribution >= 0.6 is 22.6 Å². The first-order chi connectivity index (χ1) is 9.22. The van der Waals surface area contributed by atoms with E-state index in [4.69, 9.17) is 10.9 Å². The Morgan fingerprint density at radius 1 is 1.32 bits per heavy atom. The first-order valence-corrected chi connectivity index (χ1v) is 6.70. The molecule has 0 bridgehead atoms. The van der Waals surface area contributed by atoms with E-state index in [2.05, 4.69) is 38.0 Å². The van der Waals surface area contributed by atoms with Crippen LogP contribution in [-0.4, -0.2) is 16.0 Å². The van der Waals surface area contributed by atoms with E-state index in [1.165, 1.54) is 0 Å². The van der Waals surface area contributed by atoms with Gasteiger partial charge in [-0.15, -0.1) is 0 Å². The molecule has 0 aliphatic rings. The third kappa shape index (κ3) is 3.34. The van der Waals surface area contributed by atoms with Crippen LogP contribution < -0.4 is 11.1 Å². The number of pyridine rings is 1. The quantitative estimate of drug-likeness (QED) is 0.254. The van der Waals surface area contributed by atoms with Crippen LogP contribution in [0.3, 0.4) is 0 Å². The summed E-state index contributed by atoms with van der Waals surface area (Å²) in [6.45, 7) is 0.555. The fraction of sp³-hybridized carbons (Fsp3) is 0.0769. The minimum atomic E-state index is 0.0140. The molecule has 1 aromatic carbocycles. The molecule has 1 heterocycles. The average molecular weight is 368 g/mol. The van der Waals surface area contributed by atoms with E-state index < -0.39 is 0 Å². The summed E-state index contributed by atoms with van der Waals surface area (Å²) in [6, 6.07) is 11.7. The summed E-state index contributed by atoms with van der Waals surface area (Å²) in [5.74, 6) is 0.0140. The number of nitrogens with zero attached hydrogens (tertiary/aromatic N) is 2. The van der Waals surface area contributed by atoms with Gasteiger partial charge in [0, 0.05) is 27.6 Å². The molecular formula is C13H13IN4O. The van der Waals surface area contributed by atoms with Crippen LogP contribution in [0.5, 0.6) is 0 Å². The summed E-state index contributed by atoms with van der Waals surface area (Å²) < 4.78 is 1.13. The average Bonchev–Trinajstić information content (AvgIpc) is 2.46. The molecule has 0 amide bonds. The van der Waals surface area contributed by atoms with Crippen LogP contribution in [0, 0.1) is 3.57 Å². The van der Waals surface area contributed by atoms with Crippen molar-refractivity contribution in [1.29, 1.82) is 0 Å². The van der Waals surface area contributed by atoms with Crippen LogP contribution in [-0.2, 0) is 6.54 Å². The zero-order valence-corrected chi connectivity index (χ0v) is 12.2. The number of benzene rings is 1. The van der Waals surface area contributed by atoms with Crippen LogP contribution in [0.25, 0.3) is 0 Å². The summed E-state index contributed by atoms with van der Waals surface area (Å²) in [5, 5.41) is 15.0. The van der Waals surface area contributed by atoms with Crippen molar-refractivity contribution in [3.05, 3.63) is 57.4 Å². The van der Waals surface area contributed by atoms with E-state index in [9.17, 15) is 0 Å². The highest BCUT2D eigenvalue weighted by molar-refractivity contribution is 14.1. The molecule has 98 valence electrons. The van der Waals surface area contributed by atoms with Gasteiger partial charge in [-0.2, -0.15) is 0 Å². The summed E-state index contributed by atoms with van der Waals surface area (Å²) in [5.41, 5.74) is 8.00. The van der Waals surface area contributed by atoms with Gasteiger partial charge in [0.2, 0.25) is 0 Å². The molecule has 2 aromatic rings. The molecule has 0 aliphatic carbocycles. The maximum atomic E-state index is 8.74. The van der Waals surface area contributed by atoms with Crippen molar-refractivity contribution in [2.75, 3.05) is 5.32 Å². The van der Waals surface area contributed by atoms with E-state index >= 15 is 0 Å². The molecule has 0 aliphatic heterocycles. The van der Waals surface area contributed by atoms with Crippen molar-refractivity contribution in [3.63, 3.8) is 0 Å². The molecule has 5 nitrogen and oxygen atoms in total. The first kappa shape index (κ1) is 13.6. The largest absolute Gasteiger partial charge is 0.409 e. The molecule has 0 atom stereocenters. The minimum absolute atomic E-state index is 0.0140. The lowest BCUT2D eigenvalue weighted by atomic mass is 10.1. The summed E-state index contributed by atoms with van der Waals surface area (Å²) >= 11 is 2.27. The standard InChI is InChI=1S/C13H13IN4O/c14-10-5-1-2-6-11(10)17-8-9-4-3-7-16-12(9)13(15)18-19/h1-7,17,19H,8H2,(H2,15,18). The smallest absolute Gasteiger partial charge is 0.189 e. The molecule has 0 radical (unpaired) electrons. The van der Waals surface area contributed by atoms with Crippen LogP contribution in [0.4, 0.5) is 5.69 Å². The highest BCUT2D eigenvalue weighted by Gasteiger charge is 2.08. The van der Waals surface area contributed by atoms with E-state index in [1.807, 2.05) is 36.4 Å². The van der Waals surface area contributed by atoms with Gasteiger partial charge in [-0.25, -0.2) is 0 Å². The Hall–Kier alpha value is -1.83. The third-order valence-corrected chi connectivity index (χ3v) is 3.53. The molecule has 0 unspecified atom stereocenters. The summed E-state index contributed by atoms with van der Waals surface area (Å²) in [6.07, 6.45) is 1.61. The topological polar surface area (TPSA) is 83.5 Å². The molecule has 6 heteroatoms. The van der Waals surface area contributed by atoms with Crippen molar-refractivity contribution < 1.29 is 5.21 Å². The van der Waals surface area contributed by atoms with E-state index in [1.54, 1.807) is 6.20 Å². The van der Waals surface area contributed by atoms with Crippen molar-refractivity contribution in [3.8, 4) is 0 Å². The predicted octanol–water partition coefficient (Wildman–Crippen LogP) is 2.39. The number of amidine groups is 1. The number of para-hydroxylation sites is 1. The summed E-state index contributed by atoms with van der Waals surface area (Å²) in [7, 11) is 0. The maximum absolute atomic E-state index is 8.74. The van der Waals surface area contributed by atoms with Gasteiger partial charge in [-0.3, -0.25) is 4.98 Å². The van der Waals surface area contributed by atoms with Crippen molar-refractivity contribution in [1.82, 2.24) is 4.98 Å². The van der Waals surface area contributed by atoms with Crippen molar-refractivity contribution >= 4 is 34.1 Å². The van der Waals surface area contributed by atoms with Gasteiger partial charge in [0.25, 0.3) is 0 Å². The van der Waals surface area contributed by atoms with Crippen molar-refractivity contribution in [2.45, 2.75) is 6.54 Å². The lowest BCUT2D eigenvalue weighted by Crippen LogP contribution is -2.18. The van der Waals surface area contributed by atoms with Gasteiger partial charge < -0.3 is 16.3 Å². The lowest BCUT2D eigenvalue weighted by molar-refractivity contribution is 0.318. The van der Waals surface area contributed by atoms with Gasteiger partial charge in [0.1, 0.15) is 5.69 Å². The number of anilines is 1. The first-order valence-electron chi connectivity index (χ1n) is 5.62. The molecular weight excluding hydrogens is 355 g/mol. The lowest BCUT2D eigenvalue weighted by Gasteiger charge is -2.10. The van der Waals surface area contributed by atoms with Crippen LogP contribution in [0.2, 0.25) is 0 Å². The van der Waals surface area contributed by atoms with Gasteiger partial charge in [-0.1, -0.05) is 23.4 Å². The second-order valence-electron chi connectivity index (χ2n) is 3.83. The van der Waals surface area contributed by atoms with Gasteiger partial charge >= 0.3 is 0 Å². The molecule has 0 spiro atoms. The van der Waals surface area contributed by atoms with E-state index in [0.717, 1.165) is 14.8 Å². The monoisotopic (exact) mass is 368 g/mol. The number of nitrogens with two attached hydrogens (primary N) is 1. The second-order valence-corrected chi connectivity index (χ2v) is 4.99. The molecule has 19 heavy (non-hydrogen) atoms. The van der Waals surface area contributed by atoms with Gasteiger partial charge in [0.05, 0.1) is 0 Å². The Bertz CT molecular complexity index is 601. The van der Waals surface area contributed by atoms with Gasteiger partial charge in [0.15, 0.2) is 5.84 Å². The number of aromatic nitrogens is 1. The van der Waals surface area contributed by atoms with Crippen molar-refractivity contribution in [2.24, 2.45) is 10.9 Å². The number of oxime groups is 1. The number of hydrogen-bond donors (Lipinski definition) is 3. The minimum Gasteiger partial charge on any atom is -0.409 e. The van der Waals surface area contributed by atoms with E-state index in [-0.39, 0.29) is 5.84 Å². The normalized spacial score (nSPS) is 11.3. The van der Waals surface area contributed by atoms with Gasteiger partial charge in [-0.05, 0) is 40.8 Å². The Morgan fingerprint density at radius 2 is 2.11 bits per heavy atom. The van der Waals surface area contributed by atoms with Crippen LogP contribution in [0.15, 0.2) is 47.8 Å². The number of nitrogens with one attached hydrogen (secondary N) is 1. The molecule has 2 rings (SSSR count). The number of rotatable bonds is 4. The molecule has 1 aromatic heterocycles. The highest BCUT2D eigenvalue weighted by atomic mass is 127. The SMILES string of the molecule is NC(=NO)c1ncccc1CNc1ccccc1I.